The smallest absolute Gasteiger partial charge is 0.254 e. The second kappa shape index (κ2) is 5.90. The van der Waals surface area contributed by atoms with E-state index < -0.39 is 0 Å². The van der Waals surface area contributed by atoms with Crippen molar-refractivity contribution < 1.29 is 9.90 Å². The molecule has 0 spiro atoms. The maximum Gasteiger partial charge on any atom is 0.254 e. The maximum absolute atomic E-state index is 13.0. The Labute approximate surface area is 135 Å². The highest BCUT2D eigenvalue weighted by molar-refractivity contribution is 5.96. The number of nitrogens with zero attached hydrogens (tertiary/aromatic N) is 1. The number of hydrogen-bond acceptors (Lipinski definition) is 2. The largest absolute Gasteiger partial charge is 0.511 e. The van der Waals surface area contributed by atoms with Crippen molar-refractivity contribution in [1.82, 2.24) is 4.90 Å². The number of rotatable bonds is 4. The zero-order valence-corrected chi connectivity index (χ0v) is 15.2. The molecule has 1 aliphatic heterocycles. The predicted molar refractivity (Wildman–Crippen MR) is 90.6 cm³/mol. The van der Waals surface area contributed by atoms with Gasteiger partial charge < -0.3 is 10.0 Å². The zero-order chi connectivity index (χ0) is 16.7. The Hall–Kier alpha value is -0.990. The zero-order valence-electron chi connectivity index (χ0n) is 15.2. The van der Waals surface area contributed by atoms with Crippen LogP contribution in [0, 0.1) is 16.7 Å². The molecule has 2 rings (SSSR count). The van der Waals surface area contributed by atoms with Crippen LogP contribution in [-0.2, 0) is 4.79 Å². The molecule has 0 bridgehead atoms. The summed E-state index contributed by atoms with van der Waals surface area (Å²) in [6.45, 7) is 13.3. The number of aliphatic hydroxyl groups is 1. The quantitative estimate of drug-likeness (QED) is 0.819. The van der Waals surface area contributed by atoms with Crippen LogP contribution in [0.1, 0.15) is 73.6 Å². The van der Waals surface area contributed by atoms with Gasteiger partial charge in [0, 0.05) is 18.0 Å². The minimum absolute atomic E-state index is 0.0664. The first-order valence-corrected chi connectivity index (χ1v) is 8.81. The summed E-state index contributed by atoms with van der Waals surface area (Å²) in [6, 6.07) is 0.385. The highest BCUT2D eigenvalue weighted by Gasteiger charge is 2.47. The Morgan fingerprint density at radius 2 is 1.91 bits per heavy atom. The fourth-order valence-corrected chi connectivity index (χ4v) is 3.54. The predicted octanol–water partition coefficient (Wildman–Crippen LogP) is 4.68. The average molecular weight is 307 g/mol. The molecule has 1 heterocycles. The van der Waals surface area contributed by atoms with E-state index in [-0.39, 0.29) is 16.7 Å². The van der Waals surface area contributed by atoms with Gasteiger partial charge in [-0.1, -0.05) is 41.5 Å². The first-order valence-electron chi connectivity index (χ1n) is 8.81. The molecule has 1 N–H and O–H groups in total. The van der Waals surface area contributed by atoms with E-state index in [2.05, 4.69) is 25.7 Å². The van der Waals surface area contributed by atoms with Crippen molar-refractivity contribution in [2.24, 2.45) is 16.7 Å². The van der Waals surface area contributed by atoms with Gasteiger partial charge in [-0.05, 0) is 43.4 Å². The Bertz CT molecular complexity index is 468. The van der Waals surface area contributed by atoms with Crippen LogP contribution in [0.2, 0.25) is 0 Å². The molecule has 1 aliphatic carbocycles. The molecular formula is C19H33NO2. The van der Waals surface area contributed by atoms with E-state index in [1.165, 1.54) is 6.42 Å². The first-order chi connectivity index (χ1) is 10.1. The number of aliphatic hydroxyl groups excluding tert-OH is 1. The van der Waals surface area contributed by atoms with Crippen LogP contribution in [-0.4, -0.2) is 28.5 Å². The van der Waals surface area contributed by atoms with Crippen LogP contribution in [0.5, 0.6) is 0 Å². The van der Waals surface area contributed by atoms with Gasteiger partial charge in [0.15, 0.2) is 0 Å². The lowest BCUT2D eigenvalue weighted by atomic mass is 9.70. The summed E-state index contributed by atoms with van der Waals surface area (Å²) in [6.07, 6.45) is 5.46. The van der Waals surface area contributed by atoms with E-state index in [1.807, 2.05) is 20.8 Å². The molecular weight excluding hydrogens is 274 g/mol. The normalized spacial score (nSPS) is 27.6. The van der Waals surface area contributed by atoms with Gasteiger partial charge in [0.25, 0.3) is 5.91 Å². The van der Waals surface area contributed by atoms with Crippen LogP contribution in [0.3, 0.4) is 0 Å². The van der Waals surface area contributed by atoms with Gasteiger partial charge in [0.2, 0.25) is 0 Å². The average Bonchev–Trinajstić information content (AvgIpc) is 2.30. The molecule has 126 valence electrons. The summed E-state index contributed by atoms with van der Waals surface area (Å²) in [4.78, 5) is 15.0. The van der Waals surface area contributed by atoms with Crippen molar-refractivity contribution in [1.29, 1.82) is 0 Å². The molecule has 2 aliphatic rings. The molecule has 1 fully saturated rings. The number of amides is 1. The second-order valence-electron chi connectivity index (χ2n) is 8.98. The molecule has 1 amide bonds. The van der Waals surface area contributed by atoms with Crippen LogP contribution >= 0.6 is 0 Å². The molecule has 0 aromatic heterocycles. The summed E-state index contributed by atoms with van der Waals surface area (Å²) in [5, 5.41) is 10.9. The summed E-state index contributed by atoms with van der Waals surface area (Å²) < 4.78 is 0. The molecule has 1 unspecified atom stereocenters. The standard InChI is InChI=1S/C19H33NO2/c1-13(2)10-11-19(6)12-20(14-8-7-9-14)17(22)15(16(19)21)18(3,4)5/h13-14,21H,7-12H2,1-6H3. The molecule has 3 nitrogen and oxygen atoms in total. The minimum Gasteiger partial charge on any atom is -0.511 e. The number of carbonyl (C=O) groups excluding carboxylic acids is 1. The Morgan fingerprint density at radius 3 is 2.32 bits per heavy atom. The summed E-state index contributed by atoms with van der Waals surface area (Å²) in [5.41, 5.74) is 0.0240. The maximum atomic E-state index is 13.0. The number of carbonyl (C=O) groups is 1. The van der Waals surface area contributed by atoms with Crippen LogP contribution in [0.25, 0.3) is 0 Å². The Balaban J connectivity index is 2.39. The third kappa shape index (κ3) is 3.18. The topological polar surface area (TPSA) is 40.5 Å². The third-order valence-electron chi connectivity index (χ3n) is 5.34. The van der Waals surface area contributed by atoms with Crippen molar-refractivity contribution in [2.75, 3.05) is 6.54 Å². The van der Waals surface area contributed by atoms with Crippen LogP contribution in [0.15, 0.2) is 11.3 Å². The number of hydrogen-bond donors (Lipinski definition) is 1. The molecule has 22 heavy (non-hydrogen) atoms. The molecule has 0 saturated heterocycles. The van der Waals surface area contributed by atoms with Crippen molar-refractivity contribution in [3.05, 3.63) is 11.3 Å². The second-order valence-corrected chi connectivity index (χ2v) is 8.98. The lowest BCUT2D eigenvalue weighted by Gasteiger charge is -2.48. The Morgan fingerprint density at radius 1 is 1.32 bits per heavy atom. The van der Waals surface area contributed by atoms with Gasteiger partial charge in [-0.3, -0.25) is 4.79 Å². The van der Waals surface area contributed by atoms with Gasteiger partial charge in [-0.25, -0.2) is 0 Å². The van der Waals surface area contributed by atoms with Crippen molar-refractivity contribution in [3.63, 3.8) is 0 Å². The summed E-state index contributed by atoms with van der Waals surface area (Å²) in [7, 11) is 0. The van der Waals surface area contributed by atoms with Gasteiger partial charge in [-0.15, -0.1) is 0 Å². The summed E-state index contributed by atoms with van der Waals surface area (Å²) in [5.74, 6) is 1.02. The van der Waals surface area contributed by atoms with E-state index in [0.29, 0.717) is 29.8 Å². The highest BCUT2D eigenvalue weighted by Crippen LogP contribution is 2.46. The molecule has 0 radical (unpaired) electrons. The monoisotopic (exact) mass is 307 g/mol. The lowest BCUT2D eigenvalue weighted by molar-refractivity contribution is -0.137. The van der Waals surface area contributed by atoms with Gasteiger partial charge in [0.05, 0.1) is 5.57 Å². The van der Waals surface area contributed by atoms with Crippen molar-refractivity contribution in [3.8, 4) is 0 Å². The van der Waals surface area contributed by atoms with E-state index >= 15 is 0 Å². The molecule has 1 saturated carbocycles. The van der Waals surface area contributed by atoms with Crippen LogP contribution < -0.4 is 0 Å². The van der Waals surface area contributed by atoms with Gasteiger partial charge in [-0.2, -0.15) is 0 Å². The van der Waals surface area contributed by atoms with E-state index in [1.54, 1.807) is 0 Å². The van der Waals surface area contributed by atoms with Crippen LogP contribution in [0.4, 0.5) is 0 Å². The summed E-state index contributed by atoms with van der Waals surface area (Å²) >= 11 is 0. The fourth-order valence-electron chi connectivity index (χ4n) is 3.54. The fraction of sp³-hybridized carbons (Fsp3) is 0.842. The van der Waals surface area contributed by atoms with E-state index in [9.17, 15) is 9.90 Å². The molecule has 0 aromatic rings. The van der Waals surface area contributed by atoms with E-state index in [4.69, 9.17) is 0 Å². The first kappa shape index (κ1) is 17.4. The SMILES string of the molecule is CC(C)CCC1(C)CN(C2CCC2)C(=O)C(C(C)(C)C)=C1O. The van der Waals surface area contributed by atoms with Gasteiger partial charge in [0.1, 0.15) is 5.76 Å². The van der Waals surface area contributed by atoms with Crippen molar-refractivity contribution in [2.45, 2.75) is 79.7 Å². The third-order valence-corrected chi connectivity index (χ3v) is 5.34. The molecule has 1 atom stereocenters. The Kier molecular flexibility index (Phi) is 4.66. The molecule has 0 aromatic carbocycles. The van der Waals surface area contributed by atoms with Gasteiger partial charge >= 0.3 is 0 Å². The highest BCUT2D eigenvalue weighted by atomic mass is 16.3. The molecule has 3 heteroatoms. The lowest BCUT2D eigenvalue weighted by Crippen LogP contribution is -2.55. The minimum atomic E-state index is -0.317. The van der Waals surface area contributed by atoms with Crippen molar-refractivity contribution >= 4 is 5.91 Å². The van der Waals surface area contributed by atoms with E-state index in [0.717, 1.165) is 25.7 Å².